The van der Waals surface area contributed by atoms with Gasteiger partial charge in [0.25, 0.3) is 0 Å². The minimum atomic E-state index is 0.965. The first-order valence-electron chi connectivity index (χ1n) is 4.48. The molecule has 0 saturated heterocycles. The fourth-order valence-corrected chi connectivity index (χ4v) is 2.56. The molecule has 68 valence electrons. The molecule has 0 bridgehead atoms. The van der Waals surface area contributed by atoms with E-state index in [0.717, 1.165) is 16.8 Å². The molecule has 3 rings (SSSR count). The van der Waals surface area contributed by atoms with Crippen LogP contribution in [0.5, 0.6) is 0 Å². The van der Waals surface area contributed by atoms with Crippen LogP contribution in [0.2, 0.25) is 0 Å². The summed E-state index contributed by atoms with van der Waals surface area (Å²) in [5.41, 5.74) is 0.965. The van der Waals surface area contributed by atoms with Gasteiger partial charge in [-0.1, -0.05) is 6.08 Å². The lowest BCUT2D eigenvalue weighted by Gasteiger charge is -1.96. The maximum absolute atomic E-state index is 4.41. The molecule has 2 aliphatic rings. The number of thioether (sulfide) groups is 1. The van der Waals surface area contributed by atoms with Crippen molar-refractivity contribution in [3.05, 3.63) is 35.0 Å². The number of aliphatic imine (C=N–C) groups is 1. The van der Waals surface area contributed by atoms with E-state index in [0.29, 0.717) is 0 Å². The number of hydrogen-bond acceptors (Lipinski definition) is 3. The van der Waals surface area contributed by atoms with Crippen LogP contribution in [0.4, 0.5) is 5.69 Å². The normalized spacial score (nSPS) is 16.6. The monoisotopic (exact) mass is 200 g/mol. The molecule has 3 heteroatoms. The van der Waals surface area contributed by atoms with Crippen LogP contribution in [0.1, 0.15) is 0 Å². The molecule has 1 aromatic carbocycles. The van der Waals surface area contributed by atoms with Crippen LogP contribution >= 0.6 is 11.8 Å². The van der Waals surface area contributed by atoms with E-state index in [1.54, 1.807) is 12.4 Å². The van der Waals surface area contributed by atoms with Crippen LogP contribution in [0.3, 0.4) is 0 Å². The zero-order valence-corrected chi connectivity index (χ0v) is 8.29. The zero-order chi connectivity index (χ0) is 9.38. The highest BCUT2D eigenvalue weighted by atomic mass is 32.2. The summed E-state index contributed by atoms with van der Waals surface area (Å²) in [5.74, 6) is 1.05. The fourth-order valence-electron chi connectivity index (χ4n) is 1.64. The van der Waals surface area contributed by atoms with Gasteiger partial charge in [0, 0.05) is 28.3 Å². The molecule has 0 radical (unpaired) electrons. The topological polar surface area (TPSA) is 24.7 Å². The van der Waals surface area contributed by atoms with Gasteiger partial charge in [-0.3, -0.25) is 9.98 Å². The highest BCUT2D eigenvalue weighted by molar-refractivity contribution is 7.99. The Kier molecular flexibility index (Phi) is 1.77. The van der Waals surface area contributed by atoms with Crippen LogP contribution in [0.15, 0.2) is 39.3 Å². The third kappa shape index (κ3) is 1.13. The third-order valence-electron chi connectivity index (χ3n) is 2.27. The lowest BCUT2D eigenvalue weighted by molar-refractivity contribution is 1.23. The predicted octanol–water partition coefficient (Wildman–Crippen LogP) is 1.42. The third-order valence-corrected chi connectivity index (χ3v) is 3.27. The Morgan fingerprint density at radius 3 is 3.29 bits per heavy atom. The standard InChI is InChI=1S/C11H8N2S/c1-5-12-9-2-3-10-8(4-7-14-10)11(9)13-6-1/h1-6H,7H2. The van der Waals surface area contributed by atoms with Crippen LogP contribution in [-0.4, -0.2) is 12.0 Å². The Balaban J connectivity index is 2.47. The van der Waals surface area contributed by atoms with Crippen molar-refractivity contribution in [2.45, 2.75) is 4.90 Å². The molecule has 2 heterocycles. The molecule has 0 aromatic heterocycles. The Bertz CT molecular complexity index is 555. The number of allylic oxidation sites excluding steroid dienone is 1. The second kappa shape index (κ2) is 3.10. The van der Waals surface area contributed by atoms with E-state index in [4.69, 9.17) is 0 Å². The number of benzene rings is 1. The van der Waals surface area contributed by atoms with Gasteiger partial charge in [-0.2, -0.15) is 0 Å². The molecule has 2 aliphatic heterocycles. The molecule has 0 saturated carbocycles. The number of rotatable bonds is 0. The van der Waals surface area contributed by atoms with Gasteiger partial charge in [0.2, 0.25) is 0 Å². The molecule has 0 spiro atoms. The van der Waals surface area contributed by atoms with Gasteiger partial charge in [0.15, 0.2) is 0 Å². The van der Waals surface area contributed by atoms with Crippen LogP contribution in [-0.2, 0) is 0 Å². The summed E-state index contributed by atoms with van der Waals surface area (Å²) < 4.78 is 0. The van der Waals surface area contributed by atoms with Crippen molar-refractivity contribution in [1.82, 2.24) is 0 Å². The zero-order valence-electron chi connectivity index (χ0n) is 7.47. The van der Waals surface area contributed by atoms with E-state index in [9.17, 15) is 0 Å². The first-order valence-corrected chi connectivity index (χ1v) is 5.47. The Morgan fingerprint density at radius 2 is 2.29 bits per heavy atom. The van der Waals surface area contributed by atoms with Gasteiger partial charge in [0.1, 0.15) is 0 Å². The average molecular weight is 200 g/mol. The van der Waals surface area contributed by atoms with Crippen molar-refractivity contribution < 1.29 is 0 Å². The number of hydrogen-bond donors (Lipinski definition) is 0. The Morgan fingerprint density at radius 1 is 1.29 bits per heavy atom. The van der Waals surface area contributed by atoms with E-state index in [2.05, 4.69) is 22.1 Å². The van der Waals surface area contributed by atoms with Crippen LogP contribution < -0.4 is 10.6 Å². The minimum Gasteiger partial charge on any atom is -0.255 e. The maximum atomic E-state index is 4.41. The van der Waals surface area contributed by atoms with Gasteiger partial charge >= 0.3 is 0 Å². The fraction of sp³-hybridized carbons (Fsp3) is 0.0909. The summed E-state index contributed by atoms with van der Waals surface area (Å²) in [5, 5.41) is 2.26. The van der Waals surface area contributed by atoms with Gasteiger partial charge in [0.05, 0.1) is 11.0 Å². The molecule has 0 atom stereocenters. The Labute approximate surface area is 85.8 Å². The van der Waals surface area contributed by atoms with Crippen molar-refractivity contribution in [2.24, 2.45) is 9.98 Å². The summed E-state index contributed by atoms with van der Waals surface area (Å²) in [6.07, 6.45) is 7.65. The molecule has 0 N–H and O–H groups in total. The maximum Gasteiger partial charge on any atom is 0.0966 e. The predicted molar refractivity (Wildman–Crippen MR) is 59.7 cm³/mol. The van der Waals surface area contributed by atoms with E-state index in [-0.39, 0.29) is 0 Å². The molecule has 0 fully saturated rings. The SMILES string of the molecule is C1=CN=c2c(ccc3c2=CCS3)N=C1. The van der Waals surface area contributed by atoms with Crippen molar-refractivity contribution in [3.8, 4) is 0 Å². The molecular weight excluding hydrogens is 192 g/mol. The molecule has 0 aliphatic carbocycles. The first kappa shape index (κ1) is 8.00. The lowest BCUT2D eigenvalue weighted by atomic mass is 10.2. The summed E-state index contributed by atoms with van der Waals surface area (Å²) in [7, 11) is 0. The summed E-state index contributed by atoms with van der Waals surface area (Å²) in [6.45, 7) is 0. The lowest BCUT2D eigenvalue weighted by Crippen LogP contribution is -2.25. The molecule has 1 aromatic rings. The highest BCUT2D eigenvalue weighted by Crippen LogP contribution is 2.19. The first-order chi connectivity index (χ1) is 6.95. The average Bonchev–Trinajstić information content (AvgIpc) is 2.55. The van der Waals surface area contributed by atoms with E-state index >= 15 is 0 Å². The molecule has 2 nitrogen and oxygen atoms in total. The molecule has 0 unspecified atom stereocenters. The van der Waals surface area contributed by atoms with Gasteiger partial charge < -0.3 is 0 Å². The number of fused-ring (bicyclic) bond motifs is 3. The Hall–Kier alpha value is -1.35. The van der Waals surface area contributed by atoms with Crippen molar-refractivity contribution >= 4 is 29.7 Å². The van der Waals surface area contributed by atoms with Crippen molar-refractivity contribution in [2.75, 3.05) is 5.75 Å². The van der Waals surface area contributed by atoms with Gasteiger partial charge in [-0.05, 0) is 18.2 Å². The van der Waals surface area contributed by atoms with Gasteiger partial charge in [-0.15, -0.1) is 11.8 Å². The molecule has 0 amide bonds. The summed E-state index contributed by atoms with van der Waals surface area (Å²) in [4.78, 5) is 10.1. The highest BCUT2D eigenvalue weighted by Gasteiger charge is 2.07. The van der Waals surface area contributed by atoms with Crippen LogP contribution in [0, 0.1) is 0 Å². The van der Waals surface area contributed by atoms with Crippen molar-refractivity contribution in [1.29, 1.82) is 0 Å². The van der Waals surface area contributed by atoms with Gasteiger partial charge in [-0.25, -0.2) is 0 Å². The molecule has 14 heavy (non-hydrogen) atoms. The van der Waals surface area contributed by atoms with E-state index in [1.807, 2.05) is 23.9 Å². The minimum absolute atomic E-state index is 0.965. The summed E-state index contributed by atoms with van der Waals surface area (Å²) >= 11 is 1.86. The molecular formula is C11H8N2S. The quantitative estimate of drug-likeness (QED) is 0.621. The smallest absolute Gasteiger partial charge is 0.0966 e. The number of nitrogens with zero attached hydrogens (tertiary/aromatic N) is 2. The summed E-state index contributed by atoms with van der Waals surface area (Å²) in [6, 6.07) is 4.16. The second-order valence-electron chi connectivity index (χ2n) is 3.11. The second-order valence-corrected chi connectivity index (χ2v) is 4.17. The van der Waals surface area contributed by atoms with Crippen LogP contribution in [0.25, 0.3) is 6.08 Å². The van der Waals surface area contributed by atoms with Crippen molar-refractivity contribution in [3.63, 3.8) is 0 Å². The van der Waals surface area contributed by atoms with E-state index < -0.39 is 0 Å². The largest absolute Gasteiger partial charge is 0.255 e. The van der Waals surface area contributed by atoms with E-state index in [1.165, 1.54) is 10.1 Å².